The van der Waals surface area contributed by atoms with Crippen LogP contribution in [0.5, 0.6) is 0 Å². The van der Waals surface area contributed by atoms with E-state index in [0.29, 0.717) is 6.42 Å². The van der Waals surface area contributed by atoms with Gasteiger partial charge in [0.05, 0.1) is 5.60 Å². The second kappa shape index (κ2) is 5.35. The maximum absolute atomic E-state index is 11.3. The van der Waals surface area contributed by atoms with Crippen molar-refractivity contribution in [2.75, 3.05) is 6.54 Å². The molecular weight excluding hydrogens is 194 g/mol. The van der Waals surface area contributed by atoms with Crippen LogP contribution in [0.15, 0.2) is 0 Å². The molecule has 0 aliphatic carbocycles. The second-order valence-electron chi connectivity index (χ2n) is 5.10. The van der Waals surface area contributed by atoms with E-state index in [1.807, 2.05) is 6.92 Å². The van der Waals surface area contributed by atoms with Gasteiger partial charge in [-0.3, -0.25) is 0 Å². The van der Waals surface area contributed by atoms with Gasteiger partial charge >= 0.3 is 6.09 Å². The summed E-state index contributed by atoms with van der Waals surface area (Å²) in [6.07, 6.45) is 1.05. The fourth-order valence-electron chi connectivity index (χ4n) is 1.20. The molecule has 4 heteroatoms. The Bertz CT molecular complexity index is 206. The molecule has 0 heterocycles. The maximum Gasteiger partial charge on any atom is 0.407 e. The Morgan fingerprint density at radius 2 is 1.87 bits per heavy atom. The van der Waals surface area contributed by atoms with Crippen LogP contribution >= 0.6 is 0 Å². The zero-order valence-electron chi connectivity index (χ0n) is 10.4. The van der Waals surface area contributed by atoms with Crippen LogP contribution in [0.3, 0.4) is 0 Å². The molecule has 0 bridgehead atoms. The third-order valence-electron chi connectivity index (χ3n) is 1.80. The first kappa shape index (κ1) is 14.2. The molecule has 1 atom stereocenters. The molecule has 4 nitrogen and oxygen atoms in total. The molecule has 0 spiro atoms. The maximum atomic E-state index is 11.3. The van der Waals surface area contributed by atoms with Gasteiger partial charge in [-0.15, -0.1) is 0 Å². The molecule has 0 fully saturated rings. The first-order chi connectivity index (χ1) is 6.66. The Morgan fingerprint density at radius 1 is 1.33 bits per heavy atom. The van der Waals surface area contributed by atoms with Gasteiger partial charge in [0.2, 0.25) is 0 Å². The lowest BCUT2D eigenvalue weighted by Crippen LogP contribution is -2.42. The summed E-state index contributed by atoms with van der Waals surface area (Å²) in [5, 5.41) is 12.3. The average Bonchev–Trinajstić information content (AvgIpc) is 1.98. The van der Waals surface area contributed by atoms with Gasteiger partial charge in [0.15, 0.2) is 0 Å². The molecule has 0 aliphatic rings. The number of ether oxygens (including phenoxy) is 1. The van der Waals surface area contributed by atoms with Gasteiger partial charge in [0.1, 0.15) is 5.60 Å². The van der Waals surface area contributed by atoms with Crippen LogP contribution in [0, 0.1) is 0 Å². The molecule has 90 valence electrons. The molecule has 15 heavy (non-hydrogen) atoms. The number of alkyl carbamates (subject to hydrolysis) is 1. The summed E-state index contributed by atoms with van der Waals surface area (Å²) >= 11 is 0. The third-order valence-corrected chi connectivity index (χ3v) is 1.80. The number of rotatable bonds is 4. The number of carbonyl (C=O) groups is 1. The number of nitrogens with one attached hydrogen (secondary N) is 1. The lowest BCUT2D eigenvalue weighted by atomic mass is 10.0. The lowest BCUT2D eigenvalue weighted by Gasteiger charge is -2.25. The highest BCUT2D eigenvalue weighted by Crippen LogP contribution is 2.11. The summed E-state index contributed by atoms with van der Waals surface area (Å²) in [6, 6.07) is 0. The summed E-state index contributed by atoms with van der Waals surface area (Å²) in [5.41, 5.74) is -1.35. The smallest absolute Gasteiger partial charge is 0.407 e. The van der Waals surface area contributed by atoms with Crippen molar-refractivity contribution in [2.45, 2.75) is 58.7 Å². The monoisotopic (exact) mass is 217 g/mol. The van der Waals surface area contributed by atoms with E-state index in [0.717, 1.165) is 6.42 Å². The predicted octanol–water partition coefficient (Wildman–Crippen LogP) is 2.06. The lowest BCUT2D eigenvalue weighted by molar-refractivity contribution is 0.0290. The largest absolute Gasteiger partial charge is 0.444 e. The normalized spacial score (nSPS) is 15.6. The number of hydrogen-bond acceptors (Lipinski definition) is 3. The molecule has 0 radical (unpaired) electrons. The van der Waals surface area contributed by atoms with Gasteiger partial charge in [0.25, 0.3) is 0 Å². The van der Waals surface area contributed by atoms with E-state index in [1.165, 1.54) is 0 Å². The highest BCUT2D eigenvalue weighted by molar-refractivity contribution is 5.67. The van der Waals surface area contributed by atoms with E-state index in [4.69, 9.17) is 4.74 Å². The van der Waals surface area contributed by atoms with Crippen LogP contribution in [-0.2, 0) is 4.74 Å². The molecule has 0 aromatic heterocycles. The van der Waals surface area contributed by atoms with Crippen molar-refractivity contribution in [3.05, 3.63) is 0 Å². The molecule has 0 aromatic carbocycles. The molecule has 0 rings (SSSR count). The molecule has 2 N–H and O–H groups in total. The molecule has 1 amide bonds. The summed E-state index contributed by atoms with van der Waals surface area (Å²) in [4.78, 5) is 11.3. The average molecular weight is 217 g/mol. The van der Waals surface area contributed by atoms with Crippen LogP contribution in [0.4, 0.5) is 4.79 Å². The van der Waals surface area contributed by atoms with Crippen molar-refractivity contribution in [3.8, 4) is 0 Å². The molecule has 0 saturated carbocycles. The third kappa shape index (κ3) is 8.24. The minimum Gasteiger partial charge on any atom is -0.444 e. The van der Waals surface area contributed by atoms with Gasteiger partial charge in [0, 0.05) is 6.54 Å². The SMILES string of the molecule is CCCC(C)(O)CNC(=O)OC(C)(C)C. The highest BCUT2D eigenvalue weighted by Gasteiger charge is 2.22. The first-order valence-electron chi connectivity index (χ1n) is 5.35. The summed E-state index contributed by atoms with van der Waals surface area (Å²) < 4.78 is 5.05. The van der Waals surface area contributed by atoms with Crippen molar-refractivity contribution in [2.24, 2.45) is 0 Å². The topological polar surface area (TPSA) is 58.6 Å². The van der Waals surface area contributed by atoms with Crippen molar-refractivity contribution in [3.63, 3.8) is 0 Å². The number of amides is 1. The number of carbonyl (C=O) groups excluding carboxylic acids is 1. The van der Waals surface area contributed by atoms with Gasteiger partial charge < -0.3 is 15.2 Å². The zero-order valence-corrected chi connectivity index (χ0v) is 10.4. The van der Waals surface area contributed by atoms with Gasteiger partial charge in [-0.05, 0) is 34.1 Å². The molecule has 0 saturated heterocycles. The van der Waals surface area contributed by atoms with E-state index in [9.17, 15) is 9.90 Å². The molecule has 1 unspecified atom stereocenters. The summed E-state index contributed by atoms with van der Waals surface area (Å²) in [5.74, 6) is 0. The summed E-state index contributed by atoms with van der Waals surface area (Å²) in [6.45, 7) is 9.32. The number of aliphatic hydroxyl groups is 1. The van der Waals surface area contributed by atoms with Gasteiger partial charge in [-0.25, -0.2) is 4.79 Å². The van der Waals surface area contributed by atoms with Crippen LogP contribution in [-0.4, -0.2) is 28.9 Å². The quantitative estimate of drug-likeness (QED) is 0.757. The zero-order chi connectivity index (χ0) is 12.1. The fraction of sp³-hybridized carbons (Fsp3) is 0.909. The van der Waals surface area contributed by atoms with Crippen molar-refractivity contribution >= 4 is 6.09 Å². The van der Waals surface area contributed by atoms with Gasteiger partial charge in [-0.2, -0.15) is 0 Å². The van der Waals surface area contributed by atoms with Crippen LogP contribution in [0.1, 0.15) is 47.5 Å². The Morgan fingerprint density at radius 3 is 2.27 bits per heavy atom. The van der Waals surface area contributed by atoms with E-state index in [-0.39, 0.29) is 6.54 Å². The van der Waals surface area contributed by atoms with Crippen LogP contribution in [0.25, 0.3) is 0 Å². The molecule has 0 aromatic rings. The minimum absolute atomic E-state index is 0.218. The van der Waals surface area contributed by atoms with E-state index >= 15 is 0 Å². The van der Waals surface area contributed by atoms with Crippen LogP contribution in [0.2, 0.25) is 0 Å². The van der Waals surface area contributed by atoms with Crippen molar-refractivity contribution in [1.82, 2.24) is 5.32 Å². The van der Waals surface area contributed by atoms with Crippen LogP contribution < -0.4 is 5.32 Å². The Balaban J connectivity index is 3.90. The van der Waals surface area contributed by atoms with E-state index in [2.05, 4.69) is 5.32 Å². The fourth-order valence-corrected chi connectivity index (χ4v) is 1.20. The Hall–Kier alpha value is -0.770. The van der Waals surface area contributed by atoms with Gasteiger partial charge in [-0.1, -0.05) is 13.3 Å². The van der Waals surface area contributed by atoms with Crippen molar-refractivity contribution < 1.29 is 14.6 Å². The van der Waals surface area contributed by atoms with E-state index in [1.54, 1.807) is 27.7 Å². The first-order valence-corrected chi connectivity index (χ1v) is 5.35. The number of hydrogen-bond donors (Lipinski definition) is 2. The second-order valence-corrected chi connectivity index (χ2v) is 5.10. The molecule has 0 aliphatic heterocycles. The minimum atomic E-state index is -0.856. The summed E-state index contributed by atoms with van der Waals surface area (Å²) in [7, 11) is 0. The van der Waals surface area contributed by atoms with E-state index < -0.39 is 17.3 Å². The Labute approximate surface area is 92.0 Å². The Kier molecular flexibility index (Phi) is 5.08. The standard InChI is InChI=1S/C11H23NO3/c1-6-7-11(5,14)8-12-9(13)15-10(2,3)4/h14H,6-8H2,1-5H3,(H,12,13). The van der Waals surface area contributed by atoms with Crippen molar-refractivity contribution in [1.29, 1.82) is 0 Å². The highest BCUT2D eigenvalue weighted by atomic mass is 16.6. The predicted molar refractivity (Wildman–Crippen MR) is 59.8 cm³/mol. The molecular formula is C11H23NO3.